The van der Waals surface area contributed by atoms with E-state index in [4.69, 9.17) is 0 Å². The van der Waals surface area contributed by atoms with E-state index in [-0.39, 0.29) is 6.04 Å². The van der Waals surface area contributed by atoms with Crippen LogP contribution >= 0.6 is 11.3 Å². The Kier molecular flexibility index (Phi) is 4.90. The highest BCUT2D eigenvalue weighted by atomic mass is 32.1. The van der Waals surface area contributed by atoms with E-state index >= 15 is 0 Å². The predicted octanol–water partition coefficient (Wildman–Crippen LogP) is 2.24. The number of hydrogen-bond acceptors (Lipinski definition) is 3. The first-order valence-electron chi connectivity index (χ1n) is 6.31. The van der Waals surface area contributed by atoms with Crippen LogP contribution in [0.1, 0.15) is 24.1 Å². The van der Waals surface area contributed by atoms with Gasteiger partial charge in [-0.1, -0.05) is 30.3 Å². The molecular weight excluding hydrogens is 272 g/mol. The summed E-state index contributed by atoms with van der Waals surface area (Å²) in [5, 5.41) is 9.14. The molecule has 2 N–H and O–H groups in total. The fourth-order valence-corrected chi connectivity index (χ4v) is 2.41. The van der Waals surface area contributed by atoms with Crippen molar-refractivity contribution in [2.75, 3.05) is 0 Å². The van der Waals surface area contributed by atoms with Gasteiger partial charge in [-0.25, -0.2) is 0 Å². The lowest BCUT2D eigenvalue weighted by molar-refractivity contribution is -0.139. The summed E-state index contributed by atoms with van der Waals surface area (Å²) in [6, 6.07) is 11.2. The first kappa shape index (κ1) is 14.3. The van der Waals surface area contributed by atoms with Crippen LogP contribution in [0.25, 0.3) is 0 Å². The minimum atomic E-state index is -0.614. The molecular formula is C15H16N2O2S. The van der Waals surface area contributed by atoms with Crippen molar-refractivity contribution < 1.29 is 9.59 Å². The minimum absolute atomic E-state index is 0.199. The van der Waals surface area contributed by atoms with E-state index in [9.17, 15) is 9.59 Å². The van der Waals surface area contributed by atoms with Gasteiger partial charge >= 0.3 is 11.8 Å². The molecule has 1 atom stereocenters. The zero-order valence-corrected chi connectivity index (χ0v) is 11.9. The van der Waals surface area contributed by atoms with Gasteiger partial charge in [0.1, 0.15) is 0 Å². The van der Waals surface area contributed by atoms with Gasteiger partial charge in [0, 0.05) is 6.54 Å². The standard InChI is InChI=1S/C15H16N2O2S/c1-11(13-5-3-2-4-6-13)17-15(19)14(18)16-9-12-7-8-20-10-12/h2-8,10-11H,9H2,1H3,(H,16,18)(H,17,19). The molecule has 2 aromatic rings. The minimum Gasteiger partial charge on any atom is -0.344 e. The van der Waals surface area contributed by atoms with Gasteiger partial charge in [-0.15, -0.1) is 0 Å². The maximum absolute atomic E-state index is 11.8. The van der Waals surface area contributed by atoms with Gasteiger partial charge in [-0.3, -0.25) is 9.59 Å². The van der Waals surface area contributed by atoms with Crippen molar-refractivity contribution >= 4 is 23.2 Å². The second kappa shape index (κ2) is 6.86. The van der Waals surface area contributed by atoms with Gasteiger partial charge in [-0.05, 0) is 34.9 Å². The summed E-state index contributed by atoms with van der Waals surface area (Å²) in [5.41, 5.74) is 1.96. The zero-order valence-electron chi connectivity index (χ0n) is 11.1. The highest BCUT2D eigenvalue weighted by Crippen LogP contribution is 2.10. The monoisotopic (exact) mass is 288 g/mol. The zero-order chi connectivity index (χ0) is 14.4. The Morgan fingerprint density at radius 2 is 1.90 bits per heavy atom. The van der Waals surface area contributed by atoms with Crippen molar-refractivity contribution in [3.63, 3.8) is 0 Å². The summed E-state index contributed by atoms with van der Waals surface area (Å²) >= 11 is 1.56. The summed E-state index contributed by atoms with van der Waals surface area (Å²) in [6.07, 6.45) is 0. The van der Waals surface area contributed by atoms with E-state index in [1.807, 2.05) is 54.1 Å². The Labute approximate surface area is 121 Å². The van der Waals surface area contributed by atoms with E-state index in [1.54, 1.807) is 11.3 Å². The molecule has 0 spiro atoms. The maximum Gasteiger partial charge on any atom is 0.309 e. The third-order valence-corrected chi connectivity index (χ3v) is 3.62. The van der Waals surface area contributed by atoms with Gasteiger partial charge in [0.15, 0.2) is 0 Å². The Morgan fingerprint density at radius 1 is 1.15 bits per heavy atom. The Morgan fingerprint density at radius 3 is 2.55 bits per heavy atom. The first-order valence-corrected chi connectivity index (χ1v) is 7.26. The van der Waals surface area contributed by atoms with Gasteiger partial charge < -0.3 is 10.6 Å². The second-order valence-corrected chi connectivity index (χ2v) is 5.20. The van der Waals surface area contributed by atoms with Crippen LogP contribution in [0.4, 0.5) is 0 Å². The van der Waals surface area contributed by atoms with Crippen molar-refractivity contribution in [1.29, 1.82) is 0 Å². The molecule has 1 unspecified atom stereocenters. The molecule has 0 fully saturated rings. The van der Waals surface area contributed by atoms with Crippen molar-refractivity contribution in [3.05, 3.63) is 58.3 Å². The van der Waals surface area contributed by atoms with Crippen LogP contribution in [0, 0.1) is 0 Å². The molecule has 0 aliphatic rings. The normalized spacial score (nSPS) is 11.7. The van der Waals surface area contributed by atoms with Crippen LogP contribution in [0.15, 0.2) is 47.2 Å². The molecule has 5 heteroatoms. The van der Waals surface area contributed by atoms with Crippen molar-refractivity contribution in [2.45, 2.75) is 19.5 Å². The van der Waals surface area contributed by atoms with Crippen LogP contribution in [0.5, 0.6) is 0 Å². The number of rotatable bonds is 4. The predicted molar refractivity (Wildman–Crippen MR) is 79.2 cm³/mol. The van der Waals surface area contributed by atoms with Gasteiger partial charge in [-0.2, -0.15) is 11.3 Å². The van der Waals surface area contributed by atoms with Crippen molar-refractivity contribution in [3.8, 4) is 0 Å². The topological polar surface area (TPSA) is 58.2 Å². The third-order valence-electron chi connectivity index (χ3n) is 2.89. The van der Waals surface area contributed by atoms with E-state index in [2.05, 4.69) is 10.6 Å². The van der Waals surface area contributed by atoms with Crippen LogP contribution < -0.4 is 10.6 Å². The van der Waals surface area contributed by atoms with E-state index in [0.29, 0.717) is 6.54 Å². The summed E-state index contributed by atoms with van der Waals surface area (Å²) in [4.78, 5) is 23.5. The molecule has 1 heterocycles. The molecule has 4 nitrogen and oxygen atoms in total. The smallest absolute Gasteiger partial charge is 0.309 e. The van der Waals surface area contributed by atoms with Gasteiger partial charge in [0.2, 0.25) is 0 Å². The van der Waals surface area contributed by atoms with E-state index in [0.717, 1.165) is 11.1 Å². The number of benzene rings is 1. The van der Waals surface area contributed by atoms with Crippen molar-refractivity contribution in [1.82, 2.24) is 10.6 Å². The van der Waals surface area contributed by atoms with Crippen LogP contribution in [-0.4, -0.2) is 11.8 Å². The van der Waals surface area contributed by atoms with Gasteiger partial charge in [0.25, 0.3) is 0 Å². The molecule has 0 saturated heterocycles. The summed E-state index contributed by atoms with van der Waals surface area (Å²) in [5.74, 6) is -1.23. The summed E-state index contributed by atoms with van der Waals surface area (Å²) in [6.45, 7) is 2.22. The molecule has 0 aliphatic heterocycles. The lowest BCUT2D eigenvalue weighted by atomic mass is 10.1. The molecule has 0 aliphatic carbocycles. The number of carbonyl (C=O) groups excluding carboxylic acids is 2. The molecule has 1 aromatic heterocycles. The number of thiophene rings is 1. The lowest BCUT2D eigenvalue weighted by Gasteiger charge is -2.13. The number of hydrogen-bond donors (Lipinski definition) is 2. The molecule has 0 saturated carbocycles. The Hall–Kier alpha value is -2.14. The van der Waals surface area contributed by atoms with Gasteiger partial charge in [0.05, 0.1) is 6.04 Å². The van der Waals surface area contributed by atoms with Crippen LogP contribution in [0.3, 0.4) is 0 Å². The quantitative estimate of drug-likeness (QED) is 0.848. The lowest BCUT2D eigenvalue weighted by Crippen LogP contribution is -2.40. The Bertz CT molecular complexity index is 567. The number of carbonyl (C=O) groups is 2. The average Bonchev–Trinajstić information content (AvgIpc) is 2.98. The number of nitrogens with one attached hydrogen (secondary N) is 2. The van der Waals surface area contributed by atoms with Crippen molar-refractivity contribution in [2.24, 2.45) is 0 Å². The highest BCUT2D eigenvalue weighted by molar-refractivity contribution is 7.07. The fourth-order valence-electron chi connectivity index (χ4n) is 1.74. The molecule has 104 valence electrons. The number of amides is 2. The third kappa shape index (κ3) is 3.93. The largest absolute Gasteiger partial charge is 0.344 e. The molecule has 1 aromatic carbocycles. The second-order valence-electron chi connectivity index (χ2n) is 4.42. The highest BCUT2D eigenvalue weighted by Gasteiger charge is 2.16. The molecule has 2 rings (SSSR count). The molecule has 2 amide bonds. The van der Waals surface area contributed by atoms with E-state index in [1.165, 1.54) is 0 Å². The maximum atomic E-state index is 11.8. The molecule has 0 radical (unpaired) electrons. The Balaban J connectivity index is 1.83. The summed E-state index contributed by atoms with van der Waals surface area (Å²) < 4.78 is 0. The average molecular weight is 288 g/mol. The summed E-state index contributed by atoms with van der Waals surface area (Å²) in [7, 11) is 0. The fraction of sp³-hybridized carbons (Fsp3) is 0.200. The molecule has 0 bridgehead atoms. The van der Waals surface area contributed by atoms with E-state index < -0.39 is 11.8 Å². The van der Waals surface area contributed by atoms with Crippen LogP contribution in [0.2, 0.25) is 0 Å². The molecule has 20 heavy (non-hydrogen) atoms. The van der Waals surface area contributed by atoms with Crippen LogP contribution in [-0.2, 0) is 16.1 Å². The SMILES string of the molecule is CC(NC(=O)C(=O)NCc1ccsc1)c1ccccc1. The first-order chi connectivity index (χ1) is 9.66.